The first-order valence-electron chi connectivity index (χ1n) is 5.94. The Labute approximate surface area is 98.0 Å². The maximum atomic E-state index is 4.96. The molecule has 0 bridgehead atoms. The average molecular weight is 225 g/mol. The lowest BCUT2D eigenvalue weighted by Gasteiger charge is -2.04. The van der Waals surface area contributed by atoms with Crippen LogP contribution in [0.3, 0.4) is 0 Å². The molecular weight excluding hydrogens is 202 g/mol. The van der Waals surface area contributed by atoms with Crippen molar-refractivity contribution in [3.63, 3.8) is 0 Å². The van der Waals surface area contributed by atoms with Crippen LogP contribution in [0.1, 0.15) is 26.0 Å². The number of aryl methyl sites for hydroxylation is 1. The van der Waals surface area contributed by atoms with Gasteiger partial charge in [-0.1, -0.05) is 13.8 Å². The van der Waals surface area contributed by atoms with Crippen molar-refractivity contribution >= 4 is 0 Å². The molecule has 0 radical (unpaired) electrons. The molecule has 0 fully saturated rings. The third-order valence-electron chi connectivity index (χ3n) is 2.42. The molecule has 0 spiro atoms. The highest BCUT2D eigenvalue weighted by Gasteiger charge is 1.99. The van der Waals surface area contributed by atoms with Gasteiger partial charge in [0.1, 0.15) is 0 Å². The van der Waals surface area contributed by atoms with E-state index in [0.29, 0.717) is 0 Å². The van der Waals surface area contributed by atoms with Crippen LogP contribution in [0, 0.1) is 5.92 Å². The first kappa shape index (κ1) is 13.2. The van der Waals surface area contributed by atoms with Crippen LogP contribution in [0.5, 0.6) is 0 Å². The molecule has 0 saturated heterocycles. The van der Waals surface area contributed by atoms with Crippen LogP contribution in [0.15, 0.2) is 12.3 Å². The number of ether oxygens (including phenoxy) is 1. The molecule has 0 unspecified atom stereocenters. The lowest BCUT2D eigenvalue weighted by Crippen LogP contribution is -2.19. The highest BCUT2D eigenvalue weighted by molar-refractivity contribution is 4.98. The van der Waals surface area contributed by atoms with E-state index in [1.54, 1.807) is 7.11 Å². The Bertz CT molecular complexity index is 284. The molecule has 1 heterocycles. The fourth-order valence-electron chi connectivity index (χ4n) is 1.40. The molecule has 1 rings (SSSR count). The fourth-order valence-corrected chi connectivity index (χ4v) is 1.40. The van der Waals surface area contributed by atoms with Crippen LogP contribution in [0.2, 0.25) is 0 Å². The van der Waals surface area contributed by atoms with E-state index in [-0.39, 0.29) is 0 Å². The molecule has 0 saturated carbocycles. The number of hydrogen-bond donors (Lipinski definition) is 1. The monoisotopic (exact) mass is 225 g/mol. The van der Waals surface area contributed by atoms with Crippen molar-refractivity contribution in [3.05, 3.63) is 18.0 Å². The van der Waals surface area contributed by atoms with Crippen LogP contribution >= 0.6 is 0 Å². The molecule has 16 heavy (non-hydrogen) atoms. The Balaban J connectivity index is 2.22. The van der Waals surface area contributed by atoms with Gasteiger partial charge in [0.25, 0.3) is 0 Å². The summed E-state index contributed by atoms with van der Waals surface area (Å²) in [5, 5.41) is 7.77. The van der Waals surface area contributed by atoms with Crippen molar-refractivity contribution in [1.82, 2.24) is 15.1 Å². The Hall–Kier alpha value is -0.870. The zero-order valence-electron chi connectivity index (χ0n) is 10.6. The zero-order chi connectivity index (χ0) is 11.8. The van der Waals surface area contributed by atoms with E-state index in [4.69, 9.17) is 4.74 Å². The highest BCUT2D eigenvalue weighted by Crippen LogP contribution is 2.03. The largest absolute Gasteiger partial charge is 0.383 e. The molecule has 1 aromatic heterocycles. The minimum absolute atomic E-state index is 0.729. The predicted molar refractivity (Wildman–Crippen MR) is 65.3 cm³/mol. The van der Waals surface area contributed by atoms with Gasteiger partial charge in [-0.2, -0.15) is 5.10 Å². The van der Waals surface area contributed by atoms with Gasteiger partial charge >= 0.3 is 0 Å². The fraction of sp³-hybridized carbons (Fsp3) is 0.750. The van der Waals surface area contributed by atoms with Crippen LogP contribution in [0.4, 0.5) is 0 Å². The summed E-state index contributed by atoms with van der Waals surface area (Å²) in [5.41, 5.74) is 1.10. The van der Waals surface area contributed by atoms with Gasteiger partial charge in [-0.25, -0.2) is 0 Å². The Morgan fingerprint density at radius 2 is 2.31 bits per heavy atom. The molecule has 0 aromatic carbocycles. The summed E-state index contributed by atoms with van der Waals surface area (Å²) in [5.74, 6) is 0.729. The molecular formula is C12H23N3O. The minimum Gasteiger partial charge on any atom is -0.383 e. The van der Waals surface area contributed by atoms with E-state index in [1.165, 1.54) is 6.42 Å². The van der Waals surface area contributed by atoms with Gasteiger partial charge in [0.05, 0.1) is 12.3 Å². The van der Waals surface area contributed by atoms with Crippen molar-refractivity contribution < 1.29 is 4.74 Å². The molecule has 4 heteroatoms. The summed E-state index contributed by atoms with van der Waals surface area (Å²) in [6, 6.07) is 2.07. The molecule has 0 amide bonds. The number of aromatic nitrogens is 2. The number of nitrogens with one attached hydrogen (secondary N) is 1. The summed E-state index contributed by atoms with van der Waals surface area (Å²) in [7, 11) is 1.71. The van der Waals surface area contributed by atoms with E-state index in [1.807, 2.05) is 4.68 Å². The second kappa shape index (κ2) is 7.41. The third-order valence-corrected chi connectivity index (χ3v) is 2.42. The maximum Gasteiger partial charge on any atom is 0.0762 e. The van der Waals surface area contributed by atoms with E-state index < -0.39 is 0 Å². The van der Waals surface area contributed by atoms with E-state index in [2.05, 4.69) is 36.5 Å². The molecule has 1 aromatic rings. The van der Waals surface area contributed by atoms with Crippen LogP contribution < -0.4 is 5.32 Å². The standard InChI is InChI=1S/C12H23N3O/c1-11(2)4-7-15-8-5-12(14-15)10-13-6-9-16-3/h5,8,11,13H,4,6-7,9-10H2,1-3H3. The lowest BCUT2D eigenvalue weighted by molar-refractivity contribution is 0.199. The van der Waals surface area contributed by atoms with Gasteiger partial charge in [0.2, 0.25) is 0 Å². The second-order valence-corrected chi connectivity index (χ2v) is 4.42. The summed E-state index contributed by atoms with van der Waals surface area (Å²) < 4.78 is 6.98. The van der Waals surface area contributed by atoms with E-state index in [0.717, 1.165) is 37.9 Å². The smallest absolute Gasteiger partial charge is 0.0762 e. The van der Waals surface area contributed by atoms with Gasteiger partial charge in [-0.15, -0.1) is 0 Å². The van der Waals surface area contributed by atoms with Gasteiger partial charge < -0.3 is 10.1 Å². The molecule has 0 aliphatic rings. The number of rotatable bonds is 8. The van der Waals surface area contributed by atoms with Gasteiger partial charge in [-0.05, 0) is 18.4 Å². The summed E-state index contributed by atoms with van der Waals surface area (Å²) in [4.78, 5) is 0. The second-order valence-electron chi connectivity index (χ2n) is 4.42. The Morgan fingerprint density at radius 3 is 3.00 bits per heavy atom. The Kier molecular flexibility index (Phi) is 6.11. The molecule has 0 aliphatic heterocycles. The first-order valence-corrected chi connectivity index (χ1v) is 5.94. The normalized spacial score (nSPS) is 11.2. The number of nitrogens with zero attached hydrogens (tertiary/aromatic N) is 2. The first-order chi connectivity index (χ1) is 7.72. The van der Waals surface area contributed by atoms with Crippen LogP contribution in [0.25, 0.3) is 0 Å². The molecule has 4 nitrogen and oxygen atoms in total. The maximum absolute atomic E-state index is 4.96. The van der Waals surface area contributed by atoms with E-state index in [9.17, 15) is 0 Å². The van der Waals surface area contributed by atoms with Crippen molar-refractivity contribution in [2.45, 2.75) is 33.4 Å². The van der Waals surface area contributed by atoms with E-state index >= 15 is 0 Å². The summed E-state index contributed by atoms with van der Waals surface area (Å²) in [6.07, 6.45) is 3.23. The highest BCUT2D eigenvalue weighted by atomic mass is 16.5. The van der Waals surface area contributed by atoms with Crippen molar-refractivity contribution in [2.24, 2.45) is 5.92 Å². The summed E-state index contributed by atoms with van der Waals surface area (Å²) in [6.45, 7) is 7.91. The van der Waals surface area contributed by atoms with Crippen LogP contribution in [-0.2, 0) is 17.8 Å². The van der Waals surface area contributed by atoms with Crippen molar-refractivity contribution in [3.8, 4) is 0 Å². The predicted octanol–water partition coefficient (Wildman–Crippen LogP) is 1.67. The van der Waals surface area contributed by atoms with Gasteiger partial charge in [0, 0.05) is 32.9 Å². The SMILES string of the molecule is COCCNCc1ccn(CCC(C)C)n1. The van der Waals surface area contributed by atoms with Gasteiger partial charge in [0.15, 0.2) is 0 Å². The molecule has 0 aliphatic carbocycles. The molecule has 0 atom stereocenters. The summed E-state index contributed by atoms with van der Waals surface area (Å²) >= 11 is 0. The number of hydrogen-bond acceptors (Lipinski definition) is 3. The molecule has 1 N–H and O–H groups in total. The lowest BCUT2D eigenvalue weighted by atomic mass is 10.1. The van der Waals surface area contributed by atoms with Gasteiger partial charge in [-0.3, -0.25) is 4.68 Å². The number of methoxy groups -OCH3 is 1. The molecule has 92 valence electrons. The van der Waals surface area contributed by atoms with Crippen molar-refractivity contribution in [1.29, 1.82) is 0 Å². The third kappa shape index (κ3) is 5.28. The minimum atomic E-state index is 0.729. The average Bonchev–Trinajstić information content (AvgIpc) is 2.70. The van der Waals surface area contributed by atoms with Crippen LogP contribution in [-0.4, -0.2) is 30.0 Å². The van der Waals surface area contributed by atoms with Crippen molar-refractivity contribution in [2.75, 3.05) is 20.3 Å². The topological polar surface area (TPSA) is 39.1 Å². The zero-order valence-corrected chi connectivity index (χ0v) is 10.6. The quantitative estimate of drug-likeness (QED) is 0.684. The Morgan fingerprint density at radius 1 is 1.50 bits per heavy atom.